The summed E-state index contributed by atoms with van der Waals surface area (Å²) in [6.07, 6.45) is 2.20. The van der Waals surface area contributed by atoms with Crippen molar-refractivity contribution in [1.29, 1.82) is 0 Å². The molecular weight excluding hydrogens is 398 g/mol. The summed E-state index contributed by atoms with van der Waals surface area (Å²) in [6.45, 7) is 1.98. The quantitative estimate of drug-likeness (QED) is 0.600. The number of anilines is 2. The summed E-state index contributed by atoms with van der Waals surface area (Å²) in [5, 5.41) is 10.3. The van der Waals surface area contributed by atoms with Crippen molar-refractivity contribution in [3.05, 3.63) is 76.5 Å². The Morgan fingerprint density at radius 2 is 1.94 bits per heavy atom. The second kappa shape index (κ2) is 7.80. The fourth-order valence-electron chi connectivity index (χ4n) is 4.56. The maximum Gasteiger partial charge on any atom is 0.261 e. The van der Waals surface area contributed by atoms with Crippen LogP contribution in [0.25, 0.3) is 0 Å². The van der Waals surface area contributed by atoms with Crippen molar-refractivity contribution in [1.82, 2.24) is 9.78 Å². The summed E-state index contributed by atoms with van der Waals surface area (Å²) in [6, 6.07) is 12.3. The van der Waals surface area contributed by atoms with Crippen LogP contribution < -0.4 is 10.6 Å². The fourth-order valence-corrected chi connectivity index (χ4v) is 4.56. The zero-order valence-corrected chi connectivity index (χ0v) is 17.2. The van der Waals surface area contributed by atoms with Crippen LogP contribution >= 0.6 is 0 Å². The first-order valence-corrected chi connectivity index (χ1v) is 10.6. The topological polar surface area (TPSA) is 59.0 Å². The third-order valence-corrected chi connectivity index (χ3v) is 6.27. The molecule has 0 fully saturated rings. The number of aryl methyl sites for hydroxylation is 3. The lowest BCUT2D eigenvalue weighted by Crippen LogP contribution is -2.31. The molecule has 5 rings (SSSR count). The molecular formula is C24H24F2N4O. The summed E-state index contributed by atoms with van der Waals surface area (Å²) in [5.74, 6) is -0.0231. The van der Waals surface area contributed by atoms with Gasteiger partial charge in [-0.05, 0) is 61.4 Å². The van der Waals surface area contributed by atoms with Crippen molar-refractivity contribution in [2.45, 2.75) is 51.1 Å². The van der Waals surface area contributed by atoms with E-state index in [0.29, 0.717) is 11.5 Å². The van der Waals surface area contributed by atoms with E-state index in [1.54, 1.807) is 0 Å². The molecule has 3 aromatic rings. The Morgan fingerprint density at radius 1 is 1.16 bits per heavy atom. The molecule has 1 aliphatic heterocycles. The summed E-state index contributed by atoms with van der Waals surface area (Å²) in [7, 11) is 0. The average Bonchev–Trinajstić information content (AvgIpc) is 3.40. The molecule has 0 spiro atoms. The largest absolute Gasteiger partial charge is 0.363 e. The summed E-state index contributed by atoms with van der Waals surface area (Å²) < 4.78 is 29.0. The monoisotopic (exact) mass is 422 g/mol. The predicted molar refractivity (Wildman–Crippen MR) is 116 cm³/mol. The van der Waals surface area contributed by atoms with Crippen LogP contribution in [0, 0.1) is 6.92 Å². The molecule has 7 heteroatoms. The van der Waals surface area contributed by atoms with Crippen LogP contribution in [0.1, 0.15) is 57.5 Å². The van der Waals surface area contributed by atoms with Crippen LogP contribution in [0.3, 0.4) is 0 Å². The second-order valence-corrected chi connectivity index (χ2v) is 8.39. The number of halogens is 2. The highest BCUT2D eigenvalue weighted by molar-refractivity contribution is 6.07. The van der Waals surface area contributed by atoms with Gasteiger partial charge in [0.2, 0.25) is 0 Å². The van der Waals surface area contributed by atoms with Gasteiger partial charge in [-0.1, -0.05) is 35.9 Å². The van der Waals surface area contributed by atoms with Crippen LogP contribution in [-0.2, 0) is 12.8 Å². The molecule has 2 aliphatic rings. The Morgan fingerprint density at radius 3 is 2.71 bits per heavy atom. The molecule has 0 saturated heterocycles. The van der Waals surface area contributed by atoms with Gasteiger partial charge in [0, 0.05) is 5.69 Å². The van der Waals surface area contributed by atoms with E-state index in [2.05, 4.69) is 15.7 Å². The van der Waals surface area contributed by atoms with Gasteiger partial charge < -0.3 is 10.6 Å². The first-order valence-electron chi connectivity index (χ1n) is 10.6. The van der Waals surface area contributed by atoms with Crippen LogP contribution in [0.5, 0.6) is 0 Å². The second-order valence-electron chi connectivity index (χ2n) is 8.39. The molecule has 2 heterocycles. The molecule has 5 nitrogen and oxygen atoms in total. The maximum atomic E-state index is 13.8. The number of nitrogens with one attached hydrogen (secondary N) is 2. The number of hydrogen-bond donors (Lipinski definition) is 2. The number of fused-ring (bicyclic) bond motifs is 2. The average molecular weight is 422 g/mol. The Bertz CT molecular complexity index is 1120. The molecule has 1 aromatic heterocycles. The van der Waals surface area contributed by atoms with Gasteiger partial charge in [-0.15, -0.1) is 0 Å². The third kappa shape index (κ3) is 3.69. The normalized spacial score (nSPS) is 19.6. The van der Waals surface area contributed by atoms with E-state index in [1.807, 2.05) is 49.4 Å². The SMILES string of the molecule is Cc1ccc([C@@H]2C[C@H](C(F)F)n3ncc(C(=O)Nc4ccc5c(c4)CCC5)c3N2)cc1. The van der Waals surface area contributed by atoms with Crippen LogP contribution in [0.4, 0.5) is 20.3 Å². The van der Waals surface area contributed by atoms with E-state index in [0.717, 1.165) is 30.4 Å². The minimum absolute atomic E-state index is 0.196. The van der Waals surface area contributed by atoms with Crippen molar-refractivity contribution in [2.24, 2.45) is 0 Å². The van der Waals surface area contributed by atoms with Crippen LogP contribution in [0.2, 0.25) is 0 Å². The van der Waals surface area contributed by atoms with Crippen molar-refractivity contribution in [3.8, 4) is 0 Å². The van der Waals surface area contributed by atoms with Gasteiger partial charge in [-0.2, -0.15) is 5.10 Å². The van der Waals surface area contributed by atoms with Gasteiger partial charge in [0.25, 0.3) is 12.3 Å². The van der Waals surface area contributed by atoms with Gasteiger partial charge >= 0.3 is 0 Å². The summed E-state index contributed by atoms with van der Waals surface area (Å²) >= 11 is 0. The van der Waals surface area contributed by atoms with Gasteiger partial charge in [0.05, 0.1) is 12.2 Å². The maximum absolute atomic E-state index is 13.8. The molecule has 0 radical (unpaired) electrons. The first-order chi connectivity index (χ1) is 15.0. The summed E-state index contributed by atoms with van der Waals surface area (Å²) in [4.78, 5) is 13.0. The predicted octanol–water partition coefficient (Wildman–Crippen LogP) is 5.30. The van der Waals surface area contributed by atoms with Crippen molar-refractivity contribution < 1.29 is 13.6 Å². The van der Waals surface area contributed by atoms with Crippen molar-refractivity contribution in [3.63, 3.8) is 0 Å². The molecule has 160 valence electrons. The van der Waals surface area contributed by atoms with E-state index in [1.165, 1.54) is 22.0 Å². The zero-order valence-electron chi connectivity index (χ0n) is 17.2. The number of benzene rings is 2. The lowest BCUT2D eigenvalue weighted by atomic mass is 9.96. The molecule has 0 unspecified atom stereocenters. The van der Waals surface area contributed by atoms with Gasteiger partial charge in [-0.25, -0.2) is 13.5 Å². The molecule has 1 aliphatic carbocycles. The Kier molecular flexibility index (Phi) is 4.96. The zero-order chi connectivity index (χ0) is 21.5. The molecule has 0 saturated carbocycles. The number of aromatic nitrogens is 2. The number of hydrogen-bond acceptors (Lipinski definition) is 3. The summed E-state index contributed by atoms with van der Waals surface area (Å²) in [5.41, 5.74) is 5.57. The third-order valence-electron chi connectivity index (χ3n) is 6.27. The number of alkyl halides is 2. The number of amides is 1. The number of carbonyl (C=O) groups is 1. The van der Waals surface area contributed by atoms with Crippen molar-refractivity contribution in [2.75, 3.05) is 10.6 Å². The minimum atomic E-state index is -2.58. The fraction of sp³-hybridized carbons (Fsp3) is 0.333. The number of rotatable bonds is 4. The Hall–Kier alpha value is -3.22. The van der Waals surface area contributed by atoms with Gasteiger partial charge in [0.15, 0.2) is 0 Å². The van der Waals surface area contributed by atoms with E-state index < -0.39 is 12.5 Å². The molecule has 1 amide bonds. The first kappa shape index (κ1) is 19.7. The highest BCUT2D eigenvalue weighted by Crippen LogP contribution is 2.39. The standard InChI is InChI=1S/C24H24F2N4O/c1-14-5-7-16(8-6-14)20-12-21(22(25)26)30-23(29-20)19(13-27-30)24(31)28-18-10-9-15-3-2-4-17(15)11-18/h5-11,13,20-22,29H,2-4,12H2,1H3,(H,28,31)/t20-,21+/m0/s1. The Balaban J connectivity index is 1.44. The molecule has 2 aromatic carbocycles. The van der Waals surface area contributed by atoms with Crippen LogP contribution in [0.15, 0.2) is 48.7 Å². The molecule has 2 atom stereocenters. The minimum Gasteiger partial charge on any atom is -0.363 e. The van der Waals surface area contributed by atoms with E-state index >= 15 is 0 Å². The molecule has 2 N–H and O–H groups in total. The highest BCUT2D eigenvalue weighted by atomic mass is 19.3. The van der Waals surface area contributed by atoms with E-state index in [9.17, 15) is 13.6 Å². The van der Waals surface area contributed by atoms with E-state index in [-0.39, 0.29) is 23.9 Å². The van der Waals surface area contributed by atoms with E-state index in [4.69, 9.17) is 0 Å². The lowest BCUT2D eigenvalue weighted by Gasteiger charge is -2.32. The van der Waals surface area contributed by atoms with Gasteiger partial charge in [0.1, 0.15) is 17.4 Å². The molecule has 0 bridgehead atoms. The number of carbonyl (C=O) groups excluding carboxylic acids is 1. The van der Waals surface area contributed by atoms with Crippen molar-refractivity contribution >= 4 is 17.4 Å². The van der Waals surface area contributed by atoms with Crippen LogP contribution in [-0.4, -0.2) is 22.1 Å². The molecule has 31 heavy (non-hydrogen) atoms. The Labute approximate surface area is 179 Å². The highest BCUT2D eigenvalue weighted by Gasteiger charge is 2.36. The number of nitrogens with zero attached hydrogens (tertiary/aromatic N) is 2. The lowest BCUT2D eigenvalue weighted by molar-refractivity contribution is 0.0657. The van der Waals surface area contributed by atoms with Gasteiger partial charge in [-0.3, -0.25) is 4.79 Å². The smallest absolute Gasteiger partial charge is 0.261 e.